The Hall–Kier alpha value is -1.84. The van der Waals surface area contributed by atoms with Gasteiger partial charge in [0.15, 0.2) is 0 Å². The summed E-state index contributed by atoms with van der Waals surface area (Å²) in [5.41, 5.74) is 1.92. The summed E-state index contributed by atoms with van der Waals surface area (Å²) in [5.74, 6) is 0.253. The van der Waals surface area contributed by atoms with Crippen LogP contribution in [0.3, 0.4) is 0 Å². The van der Waals surface area contributed by atoms with Crippen molar-refractivity contribution in [1.82, 2.24) is 5.32 Å². The van der Waals surface area contributed by atoms with Gasteiger partial charge in [-0.25, -0.2) is 0 Å². The predicted molar refractivity (Wildman–Crippen MR) is 79.5 cm³/mol. The molecule has 2 unspecified atom stereocenters. The van der Waals surface area contributed by atoms with E-state index in [1.165, 1.54) is 0 Å². The maximum absolute atomic E-state index is 12.6. The molecule has 1 fully saturated rings. The van der Waals surface area contributed by atoms with Gasteiger partial charge in [-0.05, 0) is 38.3 Å². The van der Waals surface area contributed by atoms with Gasteiger partial charge in [-0.3, -0.25) is 14.5 Å². The summed E-state index contributed by atoms with van der Waals surface area (Å²) in [6, 6.07) is 6.83. The van der Waals surface area contributed by atoms with Crippen LogP contribution in [0.25, 0.3) is 0 Å². The Kier molecular flexibility index (Phi) is 4.12. The zero-order chi connectivity index (χ0) is 14.9. The number of anilines is 1. The van der Waals surface area contributed by atoms with Gasteiger partial charge in [0.2, 0.25) is 11.8 Å². The topological polar surface area (TPSA) is 49.4 Å². The molecule has 0 radical (unpaired) electrons. The van der Waals surface area contributed by atoms with E-state index in [0.29, 0.717) is 12.3 Å². The lowest BCUT2D eigenvalue weighted by molar-refractivity contribution is -0.133. The fourth-order valence-corrected chi connectivity index (χ4v) is 2.52. The Labute approximate surface area is 120 Å². The highest BCUT2D eigenvalue weighted by Crippen LogP contribution is 2.23. The molecule has 108 valence electrons. The van der Waals surface area contributed by atoms with Gasteiger partial charge < -0.3 is 5.32 Å². The monoisotopic (exact) mass is 274 g/mol. The average Bonchev–Trinajstić information content (AvgIpc) is 2.38. The van der Waals surface area contributed by atoms with Crippen molar-refractivity contribution >= 4 is 17.5 Å². The third kappa shape index (κ3) is 2.84. The van der Waals surface area contributed by atoms with Crippen molar-refractivity contribution in [2.75, 3.05) is 4.90 Å². The molecule has 0 saturated carbocycles. The maximum atomic E-state index is 12.6. The molecular weight excluding hydrogens is 252 g/mol. The average molecular weight is 274 g/mol. The number of carbonyl (C=O) groups is 2. The minimum Gasteiger partial charge on any atom is -0.342 e. The largest absolute Gasteiger partial charge is 0.342 e. The minimum atomic E-state index is -0.464. The number of benzene rings is 1. The van der Waals surface area contributed by atoms with Crippen molar-refractivity contribution < 1.29 is 9.59 Å². The Bertz CT molecular complexity index is 508. The van der Waals surface area contributed by atoms with Crippen molar-refractivity contribution in [1.29, 1.82) is 0 Å². The molecule has 2 rings (SSSR count). The molecule has 0 aromatic heterocycles. The van der Waals surface area contributed by atoms with Gasteiger partial charge in [-0.2, -0.15) is 0 Å². The van der Waals surface area contributed by atoms with E-state index in [1.54, 1.807) is 11.8 Å². The van der Waals surface area contributed by atoms with E-state index >= 15 is 0 Å². The van der Waals surface area contributed by atoms with Gasteiger partial charge in [-0.15, -0.1) is 0 Å². The van der Waals surface area contributed by atoms with Crippen LogP contribution in [0.5, 0.6) is 0 Å². The second-order valence-electron chi connectivity index (χ2n) is 5.91. The summed E-state index contributed by atoms with van der Waals surface area (Å²) in [7, 11) is 0. The van der Waals surface area contributed by atoms with E-state index in [2.05, 4.69) is 5.32 Å². The second kappa shape index (κ2) is 5.65. The van der Waals surface area contributed by atoms with Gasteiger partial charge >= 0.3 is 0 Å². The molecule has 20 heavy (non-hydrogen) atoms. The Morgan fingerprint density at radius 3 is 2.35 bits per heavy atom. The molecule has 0 spiro atoms. The smallest absolute Gasteiger partial charge is 0.250 e. The molecule has 2 amide bonds. The number of hydrogen-bond donors (Lipinski definition) is 1. The highest BCUT2D eigenvalue weighted by Gasteiger charge is 2.38. The molecule has 4 heteroatoms. The SMILES string of the molecule is Cc1ccc(N2C(=O)C(CC(C)C)NC(=O)C2C)cc1. The molecular formula is C16H22N2O2. The van der Waals surface area contributed by atoms with Gasteiger partial charge in [0.05, 0.1) is 0 Å². The minimum absolute atomic E-state index is 0.0188. The zero-order valence-electron chi connectivity index (χ0n) is 12.5. The molecule has 4 nitrogen and oxygen atoms in total. The fraction of sp³-hybridized carbons (Fsp3) is 0.500. The predicted octanol–water partition coefficient (Wildman–Crippen LogP) is 2.26. The molecule has 2 atom stereocenters. The van der Waals surface area contributed by atoms with Crippen LogP contribution in [0.1, 0.15) is 32.8 Å². The molecule has 1 aliphatic heterocycles. The van der Waals surface area contributed by atoms with Crippen LogP contribution in [0.2, 0.25) is 0 Å². The Balaban J connectivity index is 2.30. The first-order valence-corrected chi connectivity index (χ1v) is 7.10. The summed E-state index contributed by atoms with van der Waals surface area (Å²) in [5, 5.41) is 2.83. The molecule has 1 aromatic carbocycles. The lowest BCUT2D eigenvalue weighted by Gasteiger charge is -2.38. The number of hydrogen-bond acceptors (Lipinski definition) is 2. The summed E-state index contributed by atoms with van der Waals surface area (Å²) >= 11 is 0. The number of nitrogens with zero attached hydrogens (tertiary/aromatic N) is 1. The quantitative estimate of drug-likeness (QED) is 0.919. The van der Waals surface area contributed by atoms with E-state index in [0.717, 1.165) is 11.3 Å². The van der Waals surface area contributed by atoms with Crippen LogP contribution in [0.15, 0.2) is 24.3 Å². The number of rotatable bonds is 3. The number of carbonyl (C=O) groups excluding carboxylic acids is 2. The van der Waals surface area contributed by atoms with Crippen LogP contribution in [0, 0.1) is 12.8 Å². The van der Waals surface area contributed by atoms with Crippen LogP contribution >= 0.6 is 0 Å². The van der Waals surface area contributed by atoms with Gasteiger partial charge in [0.25, 0.3) is 0 Å². The molecule has 1 heterocycles. The molecule has 1 N–H and O–H groups in total. The summed E-state index contributed by atoms with van der Waals surface area (Å²) < 4.78 is 0. The van der Waals surface area contributed by atoms with Crippen LogP contribution < -0.4 is 10.2 Å². The first kappa shape index (κ1) is 14.6. The number of aryl methyl sites for hydroxylation is 1. The summed E-state index contributed by atoms with van der Waals surface area (Å²) in [6.45, 7) is 7.86. The number of piperazine rings is 1. The highest BCUT2D eigenvalue weighted by atomic mass is 16.2. The normalized spacial score (nSPS) is 23.1. The van der Waals surface area contributed by atoms with Crippen molar-refractivity contribution in [2.45, 2.75) is 46.2 Å². The van der Waals surface area contributed by atoms with Gasteiger partial charge in [0.1, 0.15) is 12.1 Å². The zero-order valence-corrected chi connectivity index (χ0v) is 12.5. The highest BCUT2D eigenvalue weighted by molar-refractivity contribution is 6.08. The van der Waals surface area contributed by atoms with Crippen molar-refractivity contribution in [3.05, 3.63) is 29.8 Å². The van der Waals surface area contributed by atoms with Crippen molar-refractivity contribution in [2.24, 2.45) is 5.92 Å². The van der Waals surface area contributed by atoms with Crippen LogP contribution in [-0.2, 0) is 9.59 Å². The standard InChI is InChI=1S/C16H22N2O2/c1-10(2)9-14-16(20)18(12(4)15(19)17-14)13-7-5-11(3)6-8-13/h5-8,10,12,14H,9H2,1-4H3,(H,17,19). The van der Waals surface area contributed by atoms with Crippen LogP contribution in [-0.4, -0.2) is 23.9 Å². The Morgan fingerprint density at radius 1 is 1.20 bits per heavy atom. The van der Waals surface area contributed by atoms with Crippen LogP contribution in [0.4, 0.5) is 5.69 Å². The summed E-state index contributed by atoms with van der Waals surface area (Å²) in [6.07, 6.45) is 0.666. The molecule has 0 aliphatic carbocycles. The van der Waals surface area contributed by atoms with Gasteiger partial charge in [0, 0.05) is 5.69 Å². The van der Waals surface area contributed by atoms with E-state index in [9.17, 15) is 9.59 Å². The molecule has 1 aromatic rings. The number of amides is 2. The van der Waals surface area contributed by atoms with E-state index in [1.807, 2.05) is 45.0 Å². The molecule has 0 bridgehead atoms. The third-order valence-corrected chi connectivity index (χ3v) is 3.64. The van der Waals surface area contributed by atoms with Crippen molar-refractivity contribution in [3.63, 3.8) is 0 Å². The maximum Gasteiger partial charge on any atom is 0.250 e. The van der Waals surface area contributed by atoms with E-state index in [-0.39, 0.29) is 11.8 Å². The second-order valence-corrected chi connectivity index (χ2v) is 5.91. The van der Waals surface area contributed by atoms with Crippen molar-refractivity contribution in [3.8, 4) is 0 Å². The lowest BCUT2D eigenvalue weighted by Crippen LogP contribution is -2.63. The first-order chi connectivity index (χ1) is 9.40. The fourth-order valence-electron chi connectivity index (χ4n) is 2.52. The number of nitrogens with one attached hydrogen (secondary N) is 1. The summed E-state index contributed by atoms with van der Waals surface area (Å²) in [4.78, 5) is 26.3. The Morgan fingerprint density at radius 2 is 1.80 bits per heavy atom. The van der Waals surface area contributed by atoms with Gasteiger partial charge in [-0.1, -0.05) is 31.5 Å². The first-order valence-electron chi connectivity index (χ1n) is 7.10. The lowest BCUT2D eigenvalue weighted by atomic mass is 9.98. The molecule has 1 aliphatic rings. The third-order valence-electron chi connectivity index (χ3n) is 3.64. The van der Waals surface area contributed by atoms with E-state index < -0.39 is 12.1 Å². The van der Waals surface area contributed by atoms with E-state index in [4.69, 9.17) is 0 Å². The molecule has 1 saturated heterocycles.